The maximum atomic E-state index is 13.9. The van der Waals surface area contributed by atoms with Crippen LogP contribution in [0.15, 0.2) is 42.6 Å². The van der Waals surface area contributed by atoms with Gasteiger partial charge in [0.15, 0.2) is 0 Å². The number of allylic oxidation sites excluding steroid dienone is 1. The Bertz CT molecular complexity index is 2170. The molecule has 54 heavy (non-hydrogen) atoms. The van der Waals surface area contributed by atoms with Crippen LogP contribution in [0.5, 0.6) is 5.75 Å². The highest BCUT2D eigenvalue weighted by molar-refractivity contribution is 7.87. The number of hydrogen-bond acceptors (Lipinski definition) is 7. The number of carbonyl (C=O) groups is 2. The van der Waals surface area contributed by atoms with Gasteiger partial charge in [0.05, 0.1) is 30.3 Å². The van der Waals surface area contributed by atoms with Crippen molar-refractivity contribution in [1.29, 1.82) is 0 Å². The minimum absolute atomic E-state index is 0.0147. The summed E-state index contributed by atoms with van der Waals surface area (Å²) in [7, 11) is 5.66. The first kappa shape index (κ1) is 39.2. The van der Waals surface area contributed by atoms with Crippen molar-refractivity contribution < 1.29 is 22.7 Å². The third kappa shape index (κ3) is 7.58. The highest BCUT2D eigenvalue weighted by Gasteiger charge is 2.32. The number of likely N-dealkylation sites (tertiary alicyclic amines) is 1. The minimum atomic E-state index is -3.98. The molecule has 2 fully saturated rings. The van der Waals surface area contributed by atoms with Crippen molar-refractivity contribution in [1.82, 2.24) is 33.2 Å². The summed E-state index contributed by atoms with van der Waals surface area (Å²) in [4.78, 5) is 31.4. The number of methoxy groups -OCH3 is 1. The van der Waals surface area contributed by atoms with Crippen molar-refractivity contribution in [3.63, 3.8) is 0 Å². The number of benzene rings is 2. The van der Waals surface area contributed by atoms with E-state index < -0.39 is 16.1 Å². The normalized spacial score (nSPS) is 17.3. The van der Waals surface area contributed by atoms with Gasteiger partial charge in [-0.3, -0.25) is 14.3 Å². The fourth-order valence-corrected chi connectivity index (χ4v) is 9.59. The molecule has 13 heteroatoms. The monoisotopic (exact) mass is 757 g/mol. The molecule has 2 aromatic heterocycles. The van der Waals surface area contributed by atoms with E-state index in [-0.39, 0.29) is 24.6 Å². The van der Waals surface area contributed by atoms with E-state index in [2.05, 4.69) is 45.5 Å². The highest BCUT2D eigenvalue weighted by atomic mass is 32.2. The van der Waals surface area contributed by atoms with Crippen LogP contribution in [0, 0.1) is 0 Å². The van der Waals surface area contributed by atoms with Crippen LogP contribution in [-0.4, -0.2) is 102 Å². The molecule has 1 saturated carbocycles. The zero-order valence-electron chi connectivity index (χ0n) is 33.0. The van der Waals surface area contributed by atoms with Crippen LogP contribution >= 0.6 is 0 Å². The van der Waals surface area contributed by atoms with Crippen molar-refractivity contribution in [2.24, 2.45) is 14.1 Å². The summed E-state index contributed by atoms with van der Waals surface area (Å²) in [6, 6.07) is 11.9. The van der Waals surface area contributed by atoms with Crippen LogP contribution in [0.1, 0.15) is 103 Å². The molecule has 1 aliphatic heterocycles. The zero-order chi connectivity index (χ0) is 38.9. The average Bonchev–Trinajstić information content (AvgIpc) is 3.88. The number of likely N-dealkylation sites (N-methyl/N-ethyl adjacent to an activating group) is 1. The van der Waals surface area contributed by atoms with Gasteiger partial charge in [0, 0.05) is 68.3 Å². The van der Waals surface area contributed by atoms with Crippen LogP contribution in [0.4, 0.5) is 0 Å². The van der Waals surface area contributed by atoms with Crippen molar-refractivity contribution in [3.8, 4) is 17.0 Å². The summed E-state index contributed by atoms with van der Waals surface area (Å²) in [5.41, 5.74) is 7.55. The largest absolute Gasteiger partial charge is 0.497 e. The number of ether oxygens (including phenoxy) is 1. The first-order valence-corrected chi connectivity index (χ1v) is 20.5. The lowest BCUT2D eigenvalue weighted by Crippen LogP contribution is -2.43. The molecule has 1 atom stereocenters. The van der Waals surface area contributed by atoms with Crippen LogP contribution < -0.4 is 9.46 Å². The summed E-state index contributed by atoms with van der Waals surface area (Å²) in [5.74, 6) is 0.339. The van der Waals surface area contributed by atoms with Crippen LogP contribution in [0.3, 0.4) is 0 Å². The molecule has 290 valence electrons. The standard InChI is InChI=1S/C41H55N7O5S/c1-9-48(10-2)54(51,52)43-40(49)29-16-18-34-36(24-29)45(6)39(37(34)28-14-12-11-13-15-28)33-19-17-32(53-8)23-30(33)22-27(3)38-35(25-42-46(38)7)41(50)47-21-20-31(26-47)44(4)5/h16-19,22-25,28,31H,9-15,20-21,26H2,1-8H3,(H,43,49)/b27-22+. The molecule has 2 aromatic carbocycles. The topological polar surface area (TPSA) is 122 Å². The molecule has 0 radical (unpaired) electrons. The number of nitrogens with zero attached hydrogens (tertiary/aromatic N) is 6. The van der Waals surface area contributed by atoms with Gasteiger partial charge >= 0.3 is 10.2 Å². The first-order valence-electron chi connectivity index (χ1n) is 19.1. The van der Waals surface area contributed by atoms with Gasteiger partial charge < -0.3 is 19.1 Å². The Kier molecular flexibility index (Phi) is 11.7. The molecule has 2 aliphatic rings. The van der Waals surface area contributed by atoms with Crippen molar-refractivity contribution >= 4 is 44.6 Å². The van der Waals surface area contributed by atoms with E-state index in [4.69, 9.17) is 4.74 Å². The molecule has 1 unspecified atom stereocenters. The van der Waals surface area contributed by atoms with E-state index >= 15 is 0 Å². The van der Waals surface area contributed by atoms with E-state index in [0.717, 1.165) is 71.1 Å². The Morgan fingerprint density at radius 3 is 2.39 bits per heavy atom. The summed E-state index contributed by atoms with van der Waals surface area (Å²) in [6.45, 7) is 7.41. The van der Waals surface area contributed by atoms with E-state index in [9.17, 15) is 18.0 Å². The molecule has 1 aliphatic carbocycles. The summed E-state index contributed by atoms with van der Waals surface area (Å²) in [5, 5.41) is 5.59. The Morgan fingerprint density at radius 1 is 1.02 bits per heavy atom. The fraction of sp³-hybridized carbons (Fsp3) is 0.488. The Balaban J connectivity index is 1.47. The Hall–Kier alpha value is -4.46. The maximum absolute atomic E-state index is 13.9. The lowest BCUT2D eigenvalue weighted by atomic mass is 9.81. The van der Waals surface area contributed by atoms with E-state index in [1.54, 1.807) is 44.0 Å². The lowest BCUT2D eigenvalue weighted by Gasteiger charge is -2.24. The first-order chi connectivity index (χ1) is 25.8. The third-order valence-electron chi connectivity index (χ3n) is 11.4. The van der Waals surface area contributed by atoms with Gasteiger partial charge in [-0.25, -0.2) is 4.72 Å². The number of rotatable bonds is 12. The molecule has 0 bridgehead atoms. The third-order valence-corrected chi connectivity index (χ3v) is 13.0. The van der Waals surface area contributed by atoms with Gasteiger partial charge in [-0.05, 0) is 99.3 Å². The number of aryl methyl sites for hydroxylation is 2. The van der Waals surface area contributed by atoms with Crippen molar-refractivity contribution in [2.75, 3.05) is 47.4 Å². The molecular weight excluding hydrogens is 703 g/mol. The Morgan fingerprint density at radius 2 is 1.74 bits per heavy atom. The molecule has 6 rings (SSSR count). The lowest BCUT2D eigenvalue weighted by molar-refractivity contribution is 0.0782. The fourth-order valence-electron chi connectivity index (χ4n) is 8.43. The van der Waals surface area contributed by atoms with E-state index in [0.29, 0.717) is 36.4 Å². The molecule has 12 nitrogen and oxygen atoms in total. The highest BCUT2D eigenvalue weighted by Crippen LogP contribution is 2.45. The van der Waals surface area contributed by atoms with Crippen molar-refractivity contribution in [2.45, 2.75) is 71.3 Å². The number of fused-ring (bicyclic) bond motifs is 1. The molecular formula is C41H55N7O5S. The second kappa shape index (κ2) is 16.1. The van der Waals surface area contributed by atoms with Crippen LogP contribution in [0.25, 0.3) is 33.8 Å². The van der Waals surface area contributed by atoms with Gasteiger partial charge in [0.2, 0.25) is 0 Å². The van der Waals surface area contributed by atoms with Gasteiger partial charge in [-0.15, -0.1) is 0 Å². The second-order valence-corrected chi connectivity index (χ2v) is 16.5. The van der Waals surface area contributed by atoms with Crippen LogP contribution in [0.2, 0.25) is 0 Å². The molecule has 4 aromatic rings. The molecule has 2 amide bonds. The van der Waals surface area contributed by atoms with Gasteiger partial charge in [-0.2, -0.15) is 17.8 Å². The summed E-state index contributed by atoms with van der Waals surface area (Å²) < 4.78 is 39.0. The van der Waals surface area contributed by atoms with Crippen molar-refractivity contribution in [3.05, 3.63) is 70.5 Å². The second-order valence-electron chi connectivity index (χ2n) is 14.9. The smallest absolute Gasteiger partial charge is 0.304 e. The Labute approximate surface area is 319 Å². The molecule has 3 heterocycles. The number of carbonyl (C=O) groups excluding carboxylic acids is 2. The van der Waals surface area contributed by atoms with Gasteiger partial charge in [0.25, 0.3) is 11.8 Å². The predicted molar refractivity (Wildman–Crippen MR) is 215 cm³/mol. The predicted octanol–water partition coefficient (Wildman–Crippen LogP) is 6.29. The van der Waals surface area contributed by atoms with Crippen LogP contribution in [-0.2, 0) is 24.3 Å². The van der Waals surface area contributed by atoms with Gasteiger partial charge in [0.1, 0.15) is 5.75 Å². The number of nitrogens with one attached hydrogen (secondary N) is 1. The average molecular weight is 758 g/mol. The number of amides is 2. The summed E-state index contributed by atoms with van der Waals surface area (Å²) >= 11 is 0. The molecule has 1 saturated heterocycles. The van der Waals surface area contributed by atoms with E-state index in [1.165, 1.54) is 16.3 Å². The molecule has 1 N–H and O–H groups in total. The maximum Gasteiger partial charge on any atom is 0.304 e. The number of hydrogen-bond donors (Lipinski definition) is 1. The van der Waals surface area contributed by atoms with Gasteiger partial charge in [-0.1, -0.05) is 39.2 Å². The summed E-state index contributed by atoms with van der Waals surface area (Å²) in [6.07, 6.45) is 10.3. The van der Waals surface area contributed by atoms with E-state index in [1.807, 2.05) is 44.1 Å². The number of aromatic nitrogens is 3. The molecule has 0 spiro atoms. The zero-order valence-corrected chi connectivity index (χ0v) is 33.8. The quantitative estimate of drug-likeness (QED) is 0.180. The SMILES string of the molecule is CCN(CC)S(=O)(=O)NC(=O)c1ccc2c(C3CCCCC3)c(-c3ccc(OC)cc3/C=C(\C)c3c(C(=O)N4CCC(N(C)C)C4)cnn3C)n(C)c2c1. The minimum Gasteiger partial charge on any atom is -0.497 e.